The largest absolute Gasteiger partial charge is 0.381 e. The van der Waals surface area contributed by atoms with Gasteiger partial charge in [0, 0.05) is 25.3 Å². The molecule has 0 aliphatic carbocycles. The highest BCUT2D eigenvalue weighted by molar-refractivity contribution is 7.99. The molecule has 0 saturated carbocycles. The summed E-state index contributed by atoms with van der Waals surface area (Å²) in [6.45, 7) is 5.98. The Morgan fingerprint density at radius 1 is 1.25 bits per heavy atom. The maximum absolute atomic E-state index is 11.5. The Labute approximate surface area is 175 Å². The molecule has 162 valence electrons. The van der Waals surface area contributed by atoms with Crippen LogP contribution in [-0.2, 0) is 14.3 Å². The highest BCUT2D eigenvalue weighted by Crippen LogP contribution is 2.47. The summed E-state index contributed by atoms with van der Waals surface area (Å²) in [4.78, 5) is 11.5. The van der Waals surface area contributed by atoms with Gasteiger partial charge in [-0.1, -0.05) is 26.0 Å². The fourth-order valence-electron chi connectivity index (χ4n) is 4.41. The molecule has 28 heavy (non-hydrogen) atoms. The fraction of sp³-hybridized carbons (Fsp3) is 0.864. The number of carbonyl (C=O) groups is 1. The van der Waals surface area contributed by atoms with E-state index in [0.29, 0.717) is 40.8 Å². The molecule has 2 heterocycles. The lowest BCUT2D eigenvalue weighted by Crippen LogP contribution is -2.29. The molecule has 0 aromatic rings. The fourth-order valence-corrected chi connectivity index (χ4v) is 5.50. The zero-order valence-electron chi connectivity index (χ0n) is 17.8. The minimum Gasteiger partial charge on any atom is -0.381 e. The summed E-state index contributed by atoms with van der Waals surface area (Å²) < 4.78 is 12.1. The quantitative estimate of drug-likeness (QED) is 0.194. The first-order chi connectivity index (χ1) is 13.5. The van der Waals surface area contributed by atoms with Gasteiger partial charge < -0.3 is 9.47 Å². The second-order valence-corrected chi connectivity index (χ2v) is 9.66. The molecule has 2 aliphatic heterocycles. The smallest absolute Gasteiger partial charge is 0.245 e. The zero-order valence-corrected chi connectivity index (χ0v) is 18.7. The van der Waals surface area contributed by atoms with Crippen LogP contribution in [0.4, 0.5) is 0 Å². The van der Waals surface area contributed by atoms with Crippen molar-refractivity contribution in [3.63, 3.8) is 0 Å². The summed E-state index contributed by atoms with van der Waals surface area (Å²) in [6, 6.07) is 0. The number of carbonyl (C=O) groups excluding carboxylic acids is 1. The molecule has 5 atom stereocenters. The number of nitrogens with zero attached hydrogens (tertiary/aromatic N) is 1. The molecule has 5 nitrogen and oxygen atoms in total. The van der Waals surface area contributed by atoms with E-state index in [1.807, 2.05) is 11.8 Å². The average Bonchev–Trinajstić information content (AvgIpc) is 3.27. The number of ether oxygens (including phenoxy) is 2. The Balaban J connectivity index is 1.64. The van der Waals surface area contributed by atoms with Gasteiger partial charge in [-0.25, -0.2) is 5.06 Å². The lowest BCUT2D eigenvalue weighted by atomic mass is 9.76. The second-order valence-electron chi connectivity index (χ2n) is 8.11. The van der Waals surface area contributed by atoms with E-state index in [2.05, 4.69) is 26.0 Å². The van der Waals surface area contributed by atoms with Crippen LogP contribution in [0.3, 0.4) is 0 Å². The molecule has 2 aliphatic rings. The van der Waals surface area contributed by atoms with Crippen LogP contribution < -0.4 is 0 Å². The van der Waals surface area contributed by atoms with Gasteiger partial charge in [-0.2, -0.15) is 11.8 Å². The van der Waals surface area contributed by atoms with Gasteiger partial charge in [0.15, 0.2) is 0 Å². The molecule has 0 radical (unpaired) electrons. The van der Waals surface area contributed by atoms with Crippen molar-refractivity contribution in [1.82, 2.24) is 5.06 Å². The molecule has 2 fully saturated rings. The molecular weight excluding hydrogens is 374 g/mol. The van der Waals surface area contributed by atoms with Crippen LogP contribution in [0.2, 0.25) is 0 Å². The van der Waals surface area contributed by atoms with Crippen LogP contribution in [0.25, 0.3) is 0 Å². The maximum atomic E-state index is 11.5. The van der Waals surface area contributed by atoms with E-state index in [1.54, 1.807) is 0 Å². The van der Waals surface area contributed by atoms with E-state index >= 15 is 0 Å². The van der Waals surface area contributed by atoms with Crippen molar-refractivity contribution in [2.45, 2.75) is 82.7 Å². The van der Waals surface area contributed by atoms with Gasteiger partial charge in [0.1, 0.15) is 0 Å². The molecule has 6 heteroatoms. The first kappa shape index (κ1) is 23.7. The third kappa shape index (κ3) is 7.69. The predicted molar refractivity (Wildman–Crippen MR) is 115 cm³/mol. The normalized spacial score (nSPS) is 27.6. The van der Waals surface area contributed by atoms with Gasteiger partial charge >= 0.3 is 0 Å². The number of thioether (sulfide) groups is 1. The number of allylic oxidation sites excluding steroid dienone is 1. The summed E-state index contributed by atoms with van der Waals surface area (Å²) in [7, 11) is 1.39. The predicted octanol–water partition coefficient (Wildman–Crippen LogP) is 4.68. The number of rotatable bonds is 14. The van der Waals surface area contributed by atoms with Crippen LogP contribution in [0, 0.1) is 11.8 Å². The molecule has 1 N–H and O–H groups in total. The van der Waals surface area contributed by atoms with Gasteiger partial charge in [0.2, 0.25) is 5.91 Å². The number of fused-ring (bicyclic) bond motifs is 2. The first-order valence-corrected chi connectivity index (χ1v) is 12.0. The van der Waals surface area contributed by atoms with Crippen LogP contribution in [0.1, 0.15) is 65.2 Å². The summed E-state index contributed by atoms with van der Waals surface area (Å²) in [5, 5.41) is 10.3. The van der Waals surface area contributed by atoms with E-state index in [-0.39, 0.29) is 5.91 Å². The van der Waals surface area contributed by atoms with Crippen molar-refractivity contribution in [2.75, 3.05) is 26.0 Å². The van der Waals surface area contributed by atoms with Crippen molar-refractivity contribution in [1.29, 1.82) is 0 Å². The Hall–Kier alpha value is -0.560. The third-order valence-corrected chi connectivity index (χ3v) is 7.27. The van der Waals surface area contributed by atoms with Crippen molar-refractivity contribution >= 4 is 17.7 Å². The third-order valence-electron chi connectivity index (χ3n) is 6.00. The molecule has 0 spiro atoms. The molecule has 2 rings (SSSR count). The molecule has 5 unspecified atom stereocenters. The molecule has 0 aromatic carbocycles. The summed E-state index contributed by atoms with van der Waals surface area (Å²) in [5.74, 6) is 2.21. The van der Waals surface area contributed by atoms with E-state index in [9.17, 15) is 4.79 Å². The standard InChI is InChI=1S/C22H39NO4S/c1-4-5-6-7-14-26-15-12-18-19(21-10-9-20(18)27-21)13-16-28-17(2)8-11-22(24)23(3)25/h5-6,17-21,25H,4,7-16H2,1-3H3. The molecule has 0 aromatic heterocycles. The van der Waals surface area contributed by atoms with E-state index in [4.69, 9.17) is 14.7 Å². The number of amides is 1. The number of hydroxylamine groups is 2. The zero-order chi connectivity index (χ0) is 20.4. The highest BCUT2D eigenvalue weighted by Gasteiger charge is 2.47. The maximum Gasteiger partial charge on any atom is 0.245 e. The van der Waals surface area contributed by atoms with Gasteiger partial charge in [-0.15, -0.1) is 0 Å². The summed E-state index contributed by atoms with van der Waals surface area (Å²) >= 11 is 1.94. The van der Waals surface area contributed by atoms with E-state index < -0.39 is 0 Å². The molecular formula is C22H39NO4S. The Bertz CT molecular complexity index is 485. The highest BCUT2D eigenvalue weighted by atomic mass is 32.2. The monoisotopic (exact) mass is 413 g/mol. The van der Waals surface area contributed by atoms with E-state index in [1.165, 1.54) is 26.3 Å². The van der Waals surface area contributed by atoms with Crippen LogP contribution in [0.15, 0.2) is 12.2 Å². The van der Waals surface area contributed by atoms with Gasteiger partial charge in [0.05, 0.1) is 18.8 Å². The van der Waals surface area contributed by atoms with Crippen molar-refractivity contribution in [3.8, 4) is 0 Å². The first-order valence-electron chi connectivity index (χ1n) is 11.0. The minimum absolute atomic E-state index is 0.209. The summed E-state index contributed by atoms with van der Waals surface area (Å²) in [6.07, 6.45) is 13.3. The van der Waals surface area contributed by atoms with Crippen LogP contribution >= 0.6 is 11.8 Å². The topological polar surface area (TPSA) is 59.0 Å². The number of hydrogen-bond donors (Lipinski definition) is 1. The van der Waals surface area contributed by atoms with Gasteiger partial charge in [-0.3, -0.25) is 10.0 Å². The lowest BCUT2D eigenvalue weighted by Gasteiger charge is -2.28. The second kappa shape index (κ2) is 12.9. The van der Waals surface area contributed by atoms with Gasteiger partial charge in [0.25, 0.3) is 0 Å². The SMILES string of the molecule is CCC=CCCOCCC1C2CCC(O2)C1CCSC(C)CCC(=O)N(C)O. The molecule has 2 saturated heterocycles. The Morgan fingerprint density at radius 3 is 2.64 bits per heavy atom. The van der Waals surface area contributed by atoms with Crippen LogP contribution in [-0.4, -0.2) is 59.6 Å². The average molecular weight is 414 g/mol. The summed E-state index contributed by atoms with van der Waals surface area (Å²) in [5.41, 5.74) is 0. The lowest BCUT2D eigenvalue weighted by molar-refractivity contribution is -0.159. The van der Waals surface area contributed by atoms with Crippen molar-refractivity contribution in [2.24, 2.45) is 11.8 Å². The van der Waals surface area contributed by atoms with Crippen molar-refractivity contribution in [3.05, 3.63) is 12.2 Å². The molecule has 1 amide bonds. The van der Waals surface area contributed by atoms with Crippen LogP contribution in [0.5, 0.6) is 0 Å². The van der Waals surface area contributed by atoms with Gasteiger partial charge in [-0.05, 0) is 62.5 Å². The molecule has 2 bridgehead atoms. The Kier molecular flexibility index (Phi) is 10.9. The Morgan fingerprint density at radius 2 is 1.96 bits per heavy atom. The van der Waals surface area contributed by atoms with Crippen molar-refractivity contribution < 1.29 is 19.5 Å². The van der Waals surface area contributed by atoms with E-state index in [0.717, 1.165) is 44.6 Å². The minimum atomic E-state index is -0.209. The number of hydrogen-bond acceptors (Lipinski definition) is 5.